The monoisotopic (exact) mass is 474 g/mol. The normalized spacial score (nSPS) is 23.6. The first kappa shape index (κ1) is 22.8. The van der Waals surface area contributed by atoms with Crippen molar-refractivity contribution in [2.45, 2.75) is 51.2 Å². The lowest BCUT2D eigenvalue weighted by molar-refractivity contribution is -0.120. The van der Waals surface area contributed by atoms with Crippen LogP contribution in [0.5, 0.6) is 0 Å². The van der Waals surface area contributed by atoms with Crippen LogP contribution in [0.25, 0.3) is 0 Å². The van der Waals surface area contributed by atoms with Crippen molar-refractivity contribution < 1.29 is 9.21 Å². The summed E-state index contributed by atoms with van der Waals surface area (Å²) in [7, 11) is 0. The number of hydrazine groups is 1. The zero-order valence-corrected chi connectivity index (χ0v) is 19.8. The minimum Gasteiger partial charge on any atom is -0.467 e. The van der Waals surface area contributed by atoms with Crippen molar-refractivity contribution in [1.29, 1.82) is 5.41 Å². The summed E-state index contributed by atoms with van der Waals surface area (Å²) in [5, 5.41) is 12.8. The number of thioether (sulfide) groups is 1. The smallest absolute Gasteiger partial charge is 0.233 e. The number of nitrogens with zero attached hydrogens (tertiary/aromatic N) is 2. The summed E-state index contributed by atoms with van der Waals surface area (Å²) in [6.45, 7) is 6.27. The van der Waals surface area contributed by atoms with Crippen LogP contribution in [0.2, 0.25) is 5.02 Å². The van der Waals surface area contributed by atoms with E-state index in [9.17, 15) is 4.79 Å². The zero-order valence-electron chi connectivity index (χ0n) is 18.2. The predicted octanol–water partition coefficient (Wildman–Crippen LogP) is 3.66. The number of carbonyl (C=O) groups is 1. The number of anilines is 1. The lowest BCUT2D eigenvalue weighted by Gasteiger charge is -2.37. The largest absolute Gasteiger partial charge is 0.467 e. The molecule has 4 rings (SSSR count). The lowest BCUT2D eigenvalue weighted by atomic mass is 9.97. The van der Waals surface area contributed by atoms with Crippen LogP contribution in [-0.2, 0) is 11.3 Å². The predicted molar refractivity (Wildman–Crippen MR) is 129 cm³/mol. The van der Waals surface area contributed by atoms with Gasteiger partial charge >= 0.3 is 0 Å². The summed E-state index contributed by atoms with van der Waals surface area (Å²) in [5.74, 6) is 0.919. The van der Waals surface area contributed by atoms with Gasteiger partial charge in [-0.1, -0.05) is 30.3 Å². The minimum absolute atomic E-state index is 0.0530. The van der Waals surface area contributed by atoms with E-state index in [0.29, 0.717) is 34.8 Å². The number of rotatable bonds is 6. The summed E-state index contributed by atoms with van der Waals surface area (Å²) in [6, 6.07) is 9.34. The van der Waals surface area contributed by atoms with Gasteiger partial charge in [0.25, 0.3) is 0 Å². The Balaban J connectivity index is 1.60. The van der Waals surface area contributed by atoms with Crippen molar-refractivity contribution in [2.75, 3.05) is 4.90 Å². The molecule has 0 radical (unpaired) electrons. The van der Waals surface area contributed by atoms with Crippen LogP contribution in [0.3, 0.4) is 0 Å². The van der Waals surface area contributed by atoms with Gasteiger partial charge in [0.15, 0.2) is 5.17 Å². The SMILES string of the molecule is CCC(SC1=NC2NNC(C)C2C(=N)N1c1ccc(Cl)c(C)c1)C(=O)NCc1ccco1. The molecule has 0 aliphatic carbocycles. The van der Waals surface area contributed by atoms with Crippen molar-refractivity contribution in [3.05, 3.63) is 52.9 Å². The van der Waals surface area contributed by atoms with Gasteiger partial charge < -0.3 is 9.73 Å². The Bertz CT molecular complexity index is 1030. The fraction of sp³-hybridized carbons (Fsp3) is 0.409. The third-order valence-corrected chi connectivity index (χ3v) is 7.42. The Hall–Kier alpha value is -2.33. The van der Waals surface area contributed by atoms with Crippen LogP contribution in [0.1, 0.15) is 31.6 Å². The number of amides is 1. The molecule has 0 saturated carbocycles. The zero-order chi connectivity index (χ0) is 22.8. The maximum Gasteiger partial charge on any atom is 0.233 e. The Labute approximate surface area is 196 Å². The molecule has 32 heavy (non-hydrogen) atoms. The molecule has 2 aliphatic heterocycles. The van der Waals surface area contributed by atoms with Gasteiger partial charge in [-0.25, -0.2) is 10.4 Å². The Morgan fingerprint density at radius 2 is 2.22 bits per heavy atom. The summed E-state index contributed by atoms with van der Waals surface area (Å²) in [6.07, 6.45) is 1.94. The number of aliphatic imine (C=N–C) groups is 1. The van der Waals surface area contributed by atoms with Gasteiger partial charge in [0.2, 0.25) is 5.91 Å². The number of fused-ring (bicyclic) bond motifs is 1. The van der Waals surface area contributed by atoms with Crippen LogP contribution >= 0.6 is 23.4 Å². The standard InChI is InChI=1S/C22H27ClN6O2S/c1-4-17(21(30)25-11-15-6-5-9-31-15)32-22-26-20-18(13(3)27-28-20)19(24)29(22)14-7-8-16(23)12(2)10-14/h5-10,13,17-18,20,24,27-28H,4,11H2,1-3H3,(H,25,30). The Morgan fingerprint density at radius 1 is 1.41 bits per heavy atom. The second-order valence-corrected chi connectivity index (χ2v) is 9.50. The van der Waals surface area contributed by atoms with Gasteiger partial charge in [-0.05, 0) is 56.2 Å². The molecule has 4 N–H and O–H groups in total. The van der Waals surface area contributed by atoms with Crippen LogP contribution < -0.4 is 21.1 Å². The lowest BCUT2D eigenvalue weighted by Crippen LogP contribution is -2.51. The maximum absolute atomic E-state index is 12.9. The number of hydrogen-bond donors (Lipinski definition) is 4. The van der Waals surface area contributed by atoms with E-state index in [-0.39, 0.29) is 29.3 Å². The minimum atomic E-state index is -0.365. The highest BCUT2D eigenvalue weighted by Gasteiger charge is 2.44. The Kier molecular flexibility index (Phi) is 6.90. The molecule has 2 aromatic rings. The highest BCUT2D eigenvalue weighted by Crippen LogP contribution is 2.34. The number of halogens is 1. The van der Waals surface area contributed by atoms with E-state index in [4.69, 9.17) is 26.4 Å². The molecule has 1 aromatic heterocycles. The van der Waals surface area contributed by atoms with Gasteiger partial charge in [-0.2, -0.15) is 0 Å². The third kappa shape index (κ3) is 4.56. The van der Waals surface area contributed by atoms with Crippen LogP contribution in [-0.4, -0.2) is 34.4 Å². The van der Waals surface area contributed by atoms with E-state index in [1.54, 1.807) is 12.3 Å². The number of amidine groups is 2. The van der Waals surface area contributed by atoms with E-state index in [1.165, 1.54) is 11.8 Å². The van der Waals surface area contributed by atoms with Crippen LogP contribution in [0.4, 0.5) is 5.69 Å². The van der Waals surface area contributed by atoms with Crippen molar-refractivity contribution in [3.63, 3.8) is 0 Å². The van der Waals surface area contributed by atoms with E-state index in [0.717, 1.165) is 11.3 Å². The fourth-order valence-electron chi connectivity index (χ4n) is 3.85. The van der Waals surface area contributed by atoms with Crippen molar-refractivity contribution in [2.24, 2.45) is 10.9 Å². The second-order valence-electron chi connectivity index (χ2n) is 7.93. The van der Waals surface area contributed by atoms with Gasteiger partial charge in [-0.3, -0.25) is 20.5 Å². The quantitative estimate of drug-likeness (QED) is 0.509. The van der Waals surface area contributed by atoms with Gasteiger partial charge in [0, 0.05) is 16.8 Å². The molecule has 4 unspecified atom stereocenters. The molecule has 0 spiro atoms. The molecule has 1 amide bonds. The molecule has 4 atom stereocenters. The summed E-state index contributed by atoms with van der Waals surface area (Å²) >= 11 is 7.61. The Morgan fingerprint density at radius 3 is 2.91 bits per heavy atom. The molecule has 10 heteroatoms. The molecule has 0 bridgehead atoms. The van der Waals surface area contributed by atoms with E-state index in [1.807, 2.05) is 49.9 Å². The van der Waals surface area contributed by atoms with E-state index >= 15 is 0 Å². The van der Waals surface area contributed by atoms with Gasteiger partial charge in [0.05, 0.1) is 24.0 Å². The average Bonchev–Trinajstić information content (AvgIpc) is 3.42. The first-order valence-electron chi connectivity index (χ1n) is 10.6. The first-order valence-corrected chi connectivity index (χ1v) is 11.8. The third-order valence-electron chi connectivity index (χ3n) is 5.66. The number of benzene rings is 1. The molecule has 1 saturated heterocycles. The molecule has 3 heterocycles. The topological polar surface area (TPSA) is 106 Å². The highest BCUT2D eigenvalue weighted by molar-refractivity contribution is 8.15. The molecular weight excluding hydrogens is 448 g/mol. The summed E-state index contributed by atoms with van der Waals surface area (Å²) in [4.78, 5) is 19.6. The number of aryl methyl sites for hydroxylation is 1. The second kappa shape index (κ2) is 9.66. The van der Waals surface area contributed by atoms with Crippen molar-refractivity contribution >= 4 is 46.0 Å². The molecule has 8 nitrogen and oxygen atoms in total. The van der Waals surface area contributed by atoms with Gasteiger partial charge in [0.1, 0.15) is 17.8 Å². The summed E-state index contributed by atoms with van der Waals surface area (Å²) in [5.41, 5.74) is 8.09. The molecular formula is C22H27ClN6O2S. The number of hydrogen-bond acceptors (Lipinski definition) is 7. The number of furan rings is 1. The maximum atomic E-state index is 12.9. The fourth-order valence-corrected chi connectivity index (χ4v) is 5.06. The molecule has 170 valence electrons. The number of carbonyl (C=O) groups excluding carboxylic acids is 1. The summed E-state index contributed by atoms with van der Waals surface area (Å²) < 4.78 is 5.31. The van der Waals surface area contributed by atoms with Crippen molar-refractivity contribution in [1.82, 2.24) is 16.2 Å². The van der Waals surface area contributed by atoms with Crippen LogP contribution in [0.15, 0.2) is 46.0 Å². The average molecular weight is 475 g/mol. The van der Waals surface area contributed by atoms with E-state index < -0.39 is 0 Å². The van der Waals surface area contributed by atoms with Crippen LogP contribution in [0, 0.1) is 18.3 Å². The van der Waals surface area contributed by atoms with Crippen molar-refractivity contribution in [3.8, 4) is 0 Å². The highest BCUT2D eigenvalue weighted by atomic mass is 35.5. The number of nitrogens with one attached hydrogen (secondary N) is 4. The molecule has 1 aromatic carbocycles. The van der Waals surface area contributed by atoms with Gasteiger partial charge in [-0.15, -0.1) is 0 Å². The molecule has 1 fully saturated rings. The van der Waals surface area contributed by atoms with E-state index in [2.05, 4.69) is 16.2 Å². The molecule has 2 aliphatic rings. The first-order chi connectivity index (χ1) is 15.4.